The van der Waals surface area contributed by atoms with Crippen molar-refractivity contribution in [3.8, 4) is 0 Å². The van der Waals surface area contributed by atoms with Gasteiger partial charge in [-0.3, -0.25) is 0 Å². The summed E-state index contributed by atoms with van der Waals surface area (Å²) in [7, 11) is 1.39. The van der Waals surface area contributed by atoms with Crippen LogP contribution < -0.4 is 5.32 Å². The molecule has 0 aliphatic carbocycles. The molecule has 0 bridgehead atoms. The van der Waals surface area contributed by atoms with Crippen LogP contribution in [0.1, 0.15) is 46.2 Å². The first-order valence-electron chi connectivity index (χ1n) is 7.74. The molecule has 134 valence electrons. The maximum Gasteiger partial charge on any atom is 0.338 e. The number of nitrogens with one attached hydrogen (secondary N) is 1. The number of benzene rings is 1. The van der Waals surface area contributed by atoms with Gasteiger partial charge in [0.1, 0.15) is 6.04 Å². The molecule has 0 radical (unpaired) electrons. The summed E-state index contributed by atoms with van der Waals surface area (Å²) in [5.41, 5.74) is 2.47. The average Bonchev–Trinajstić information content (AvgIpc) is 2.99. The Bertz CT molecular complexity index is 761. The SMILES string of the molecule is COC(=O)c1c(C)cccc1CSCC(NC(C)=S)c1nc(C)no1. The summed E-state index contributed by atoms with van der Waals surface area (Å²) < 4.78 is 10.2. The molecule has 8 heteroatoms. The third kappa shape index (κ3) is 5.27. The maximum absolute atomic E-state index is 12.0. The summed E-state index contributed by atoms with van der Waals surface area (Å²) in [5, 5.41) is 7.01. The van der Waals surface area contributed by atoms with Crippen molar-refractivity contribution in [1.82, 2.24) is 15.5 Å². The van der Waals surface area contributed by atoms with Crippen LogP contribution in [0.15, 0.2) is 22.7 Å². The van der Waals surface area contributed by atoms with Crippen LogP contribution in [0.2, 0.25) is 0 Å². The first kappa shape index (κ1) is 19.4. The number of hydrogen-bond donors (Lipinski definition) is 1. The lowest BCUT2D eigenvalue weighted by Crippen LogP contribution is -2.27. The molecule has 0 saturated heterocycles. The van der Waals surface area contributed by atoms with Gasteiger partial charge in [-0.2, -0.15) is 16.7 Å². The largest absolute Gasteiger partial charge is 0.465 e. The number of methoxy groups -OCH3 is 1. The summed E-state index contributed by atoms with van der Waals surface area (Å²) in [6.07, 6.45) is 0. The van der Waals surface area contributed by atoms with E-state index in [1.54, 1.807) is 18.7 Å². The molecule has 1 atom stereocenters. The smallest absolute Gasteiger partial charge is 0.338 e. The van der Waals surface area contributed by atoms with Crippen LogP contribution in [-0.4, -0.2) is 34.0 Å². The lowest BCUT2D eigenvalue weighted by atomic mass is 10.0. The van der Waals surface area contributed by atoms with Crippen LogP contribution >= 0.6 is 24.0 Å². The lowest BCUT2D eigenvalue weighted by molar-refractivity contribution is 0.0599. The fraction of sp³-hybridized carbons (Fsp3) is 0.412. The summed E-state index contributed by atoms with van der Waals surface area (Å²) in [6.45, 7) is 5.49. The second kappa shape index (κ2) is 8.96. The summed E-state index contributed by atoms with van der Waals surface area (Å²) in [5.74, 6) is 2.11. The molecular formula is C17H21N3O3S2. The second-order valence-corrected chi connectivity index (χ2v) is 7.19. The lowest BCUT2D eigenvalue weighted by Gasteiger charge is -2.16. The van der Waals surface area contributed by atoms with Gasteiger partial charge in [0.25, 0.3) is 0 Å². The van der Waals surface area contributed by atoms with Gasteiger partial charge in [-0.1, -0.05) is 35.6 Å². The Morgan fingerprint density at radius 1 is 1.44 bits per heavy atom. The molecule has 0 spiro atoms. The minimum atomic E-state index is -0.314. The minimum Gasteiger partial charge on any atom is -0.465 e. The quantitative estimate of drug-likeness (QED) is 0.579. The van der Waals surface area contributed by atoms with Crippen molar-refractivity contribution in [3.05, 3.63) is 46.6 Å². The summed E-state index contributed by atoms with van der Waals surface area (Å²) in [6, 6.07) is 5.61. The Morgan fingerprint density at radius 2 is 2.20 bits per heavy atom. The Morgan fingerprint density at radius 3 is 2.80 bits per heavy atom. The Labute approximate surface area is 156 Å². The molecule has 0 fully saturated rings. The van der Waals surface area contributed by atoms with Crippen LogP contribution in [-0.2, 0) is 10.5 Å². The van der Waals surface area contributed by atoms with E-state index < -0.39 is 0 Å². The number of carbonyl (C=O) groups excluding carboxylic acids is 1. The average molecular weight is 380 g/mol. The number of thiocarbonyl (C=S) groups is 1. The van der Waals surface area contributed by atoms with Gasteiger partial charge in [0.05, 0.1) is 17.7 Å². The van der Waals surface area contributed by atoms with Crippen LogP contribution in [0.5, 0.6) is 0 Å². The number of esters is 1. The predicted molar refractivity (Wildman–Crippen MR) is 102 cm³/mol. The van der Waals surface area contributed by atoms with Crippen LogP contribution in [0.3, 0.4) is 0 Å². The topological polar surface area (TPSA) is 77.2 Å². The second-order valence-electron chi connectivity index (χ2n) is 5.55. The highest BCUT2D eigenvalue weighted by Gasteiger charge is 2.20. The normalized spacial score (nSPS) is 11.8. The minimum absolute atomic E-state index is 0.171. The van der Waals surface area contributed by atoms with Crippen molar-refractivity contribution in [1.29, 1.82) is 0 Å². The van der Waals surface area contributed by atoms with E-state index >= 15 is 0 Å². The Hall–Kier alpha value is -1.93. The van der Waals surface area contributed by atoms with Gasteiger partial charge in [-0.15, -0.1) is 0 Å². The monoisotopic (exact) mass is 379 g/mol. The van der Waals surface area contributed by atoms with Crippen molar-refractivity contribution < 1.29 is 14.1 Å². The van der Waals surface area contributed by atoms with E-state index in [0.29, 0.717) is 33.8 Å². The molecule has 2 rings (SSSR count). The molecule has 0 saturated carbocycles. The molecule has 0 amide bonds. The molecule has 1 N–H and O–H groups in total. The number of thioether (sulfide) groups is 1. The number of aryl methyl sites for hydroxylation is 2. The van der Waals surface area contributed by atoms with Gasteiger partial charge in [0.2, 0.25) is 5.89 Å². The molecule has 0 aliphatic heterocycles. The number of ether oxygens (including phenoxy) is 1. The molecular weight excluding hydrogens is 358 g/mol. The highest BCUT2D eigenvalue weighted by molar-refractivity contribution is 7.98. The van der Waals surface area contributed by atoms with Gasteiger partial charge in [-0.25, -0.2) is 4.79 Å². The van der Waals surface area contributed by atoms with Gasteiger partial charge in [-0.05, 0) is 31.9 Å². The number of carbonyl (C=O) groups is 1. The van der Waals surface area contributed by atoms with E-state index in [1.165, 1.54) is 7.11 Å². The van der Waals surface area contributed by atoms with Crippen LogP contribution in [0.25, 0.3) is 0 Å². The zero-order valence-corrected chi connectivity index (χ0v) is 16.3. The van der Waals surface area contributed by atoms with Gasteiger partial charge >= 0.3 is 5.97 Å². The van der Waals surface area contributed by atoms with E-state index in [9.17, 15) is 4.79 Å². The number of nitrogens with zero attached hydrogens (tertiary/aromatic N) is 2. The molecule has 1 unspecified atom stereocenters. The van der Waals surface area contributed by atoms with Gasteiger partial charge in [0.15, 0.2) is 5.82 Å². The number of hydrogen-bond acceptors (Lipinski definition) is 7. The fourth-order valence-corrected chi connectivity index (χ4v) is 3.59. The van der Waals surface area contributed by atoms with Gasteiger partial charge < -0.3 is 14.6 Å². The van der Waals surface area contributed by atoms with Crippen LogP contribution in [0, 0.1) is 13.8 Å². The third-order valence-electron chi connectivity index (χ3n) is 3.51. The van der Waals surface area contributed by atoms with Gasteiger partial charge in [0, 0.05) is 11.5 Å². The molecule has 0 aliphatic rings. The molecule has 1 aromatic carbocycles. The van der Waals surface area contributed by atoms with Crippen molar-refractivity contribution >= 4 is 34.9 Å². The van der Waals surface area contributed by atoms with E-state index in [4.69, 9.17) is 21.5 Å². The van der Waals surface area contributed by atoms with E-state index in [2.05, 4.69) is 15.5 Å². The van der Waals surface area contributed by atoms with E-state index in [-0.39, 0.29) is 12.0 Å². The molecule has 2 aromatic rings. The summed E-state index contributed by atoms with van der Waals surface area (Å²) in [4.78, 5) is 17.0. The van der Waals surface area contributed by atoms with E-state index in [1.807, 2.05) is 32.0 Å². The zero-order chi connectivity index (χ0) is 18.4. The predicted octanol–water partition coefficient (Wildman–Crippen LogP) is 3.38. The van der Waals surface area contributed by atoms with Crippen molar-refractivity contribution in [2.24, 2.45) is 0 Å². The molecule has 1 aromatic heterocycles. The van der Waals surface area contributed by atoms with Crippen LogP contribution in [0.4, 0.5) is 0 Å². The Balaban J connectivity index is 2.08. The standard InChI is InChI=1S/C17H21N3O3S2/c1-10-6-5-7-13(15(10)17(21)22-4)8-25-9-14(19-12(3)24)16-18-11(2)20-23-16/h5-7,14H,8-9H2,1-4H3,(H,19,24). The first-order valence-corrected chi connectivity index (χ1v) is 9.30. The van der Waals surface area contributed by atoms with E-state index in [0.717, 1.165) is 11.1 Å². The summed E-state index contributed by atoms with van der Waals surface area (Å²) >= 11 is 6.79. The maximum atomic E-state index is 12.0. The molecule has 1 heterocycles. The molecule has 6 nitrogen and oxygen atoms in total. The highest BCUT2D eigenvalue weighted by Crippen LogP contribution is 2.24. The third-order valence-corrected chi connectivity index (χ3v) is 4.71. The number of aromatic nitrogens is 2. The Kier molecular flexibility index (Phi) is 6.95. The molecule has 25 heavy (non-hydrogen) atoms. The van der Waals surface area contributed by atoms with Crippen molar-refractivity contribution in [3.63, 3.8) is 0 Å². The highest BCUT2D eigenvalue weighted by atomic mass is 32.2. The fourth-order valence-electron chi connectivity index (χ4n) is 2.40. The first-order chi connectivity index (χ1) is 11.9. The van der Waals surface area contributed by atoms with Crippen molar-refractivity contribution in [2.45, 2.75) is 32.6 Å². The zero-order valence-electron chi connectivity index (χ0n) is 14.7. The van der Waals surface area contributed by atoms with Crippen molar-refractivity contribution in [2.75, 3.05) is 12.9 Å². The number of rotatable bonds is 7.